The Morgan fingerprint density at radius 1 is 1.30 bits per heavy atom. The Morgan fingerprint density at radius 3 is 2.61 bits per heavy atom. The molecule has 0 fully saturated rings. The quantitative estimate of drug-likeness (QED) is 0.922. The van der Waals surface area contributed by atoms with E-state index in [1.807, 2.05) is 6.92 Å². The number of hydrogen-bond acceptors (Lipinski definition) is 4. The zero-order valence-corrected chi connectivity index (χ0v) is 14.4. The molecular formula is C16H17NO4S2. The van der Waals surface area contributed by atoms with Crippen LogP contribution in [0.25, 0.3) is 0 Å². The summed E-state index contributed by atoms with van der Waals surface area (Å²) in [7, 11) is -3.68. The molecule has 1 aromatic carbocycles. The first-order valence-corrected chi connectivity index (χ1v) is 9.49. The summed E-state index contributed by atoms with van der Waals surface area (Å²) in [5.74, 6) is -1.58. The fourth-order valence-electron chi connectivity index (χ4n) is 3.02. The average molecular weight is 351 g/mol. The van der Waals surface area contributed by atoms with Gasteiger partial charge in [0.2, 0.25) is 0 Å². The van der Waals surface area contributed by atoms with Crippen molar-refractivity contribution >= 4 is 33.0 Å². The number of rotatable bonds is 3. The smallest absolute Gasteiger partial charge is 0.311 e. The first-order chi connectivity index (χ1) is 10.8. The molecule has 1 aliphatic heterocycles. The van der Waals surface area contributed by atoms with Gasteiger partial charge in [-0.25, -0.2) is 8.42 Å². The number of benzene rings is 1. The molecule has 5 nitrogen and oxygen atoms in total. The largest absolute Gasteiger partial charge is 0.481 e. The van der Waals surface area contributed by atoms with Gasteiger partial charge in [-0.15, -0.1) is 11.3 Å². The van der Waals surface area contributed by atoms with Gasteiger partial charge in [-0.05, 0) is 38.0 Å². The lowest BCUT2D eigenvalue weighted by Crippen LogP contribution is -2.38. The van der Waals surface area contributed by atoms with Crippen molar-refractivity contribution in [3.63, 3.8) is 0 Å². The second-order valence-electron chi connectivity index (χ2n) is 5.59. The molecular weight excluding hydrogens is 334 g/mol. The van der Waals surface area contributed by atoms with E-state index in [1.165, 1.54) is 15.6 Å². The predicted octanol–water partition coefficient (Wildman–Crippen LogP) is 3.13. The van der Waals surface area contributed by atoms with Gasteiger partial charge >= 0.3 is 5.97 Å². The minimum atomic E-state index is -3.68. The van der Waals surface area contributed by atoms with Crippen molar-refractivity contribution in [1.82, 2.24) is 0 Å². The molecule has 23 heavy (non-hydrogen) atoms. The number of aliphatic carboxylic acids is 1. The summed E-state index contributed by atoms with van der Waals surface area (Å²) in [6.45, 7) is 3.84. The number of nitrogens with zero attached hydrogens (tertiary/aromatic N) is 1. The van der Waals surface area contributed by atoms with Crippen LogP contribution in [0.2, 0.25) is 0 Å². The third kappa shape index (κ3) is 2.64. The monoisotopic (exact) mass is 351 g/mol. The summed E-state index contributed by atoms with van der Waals surface area (Å²) in [5.41, 5.74) is 1.02. The molecule has 7 heteroatoms. The molecule has 0 amide bonds. The standard InChI is InChI=1S/C16H17NO4S2/c1-10-9-15(11(2)22-10)23(20,21)17-8-7-13(16(18)19)12-5-3-4-6-14(12)17/h3-6,9,13H,7-8H2,1-2H3,(H,18,19). The van der Waals surface area contributed by atoms with Crippen LogP contribution in [0.5, 0.6) is 0 Å². The molecule has 1 aromatic heterocycles. The molecule has 1 aliphatic rings. The predicted molar refractivity (Wildman–Crippen MR) is 89.8 cm³/mol. The Hall–Kier alpha value is -1.86. The number of aryl methyl sites for hydroxylation is 2. The molecule has 0 saturated heterocycles. The molecule has 1 unspecified atom stereocenters. The van der Waals surface area contributed by atoms with Gasteiger partial charge in [-0.1, -0.05) is 18.2 Å². The van der Waals surface area contributed by atoms with Crippen LogP contribution in [0.4, 0.5) is 5.69 Å². The highest BCUT2D eigenvalue weighted by Crippen LogP contribution is 2.39. The van der Waals surface area contributed by atoms with Gasteiger partial charge in [0.25, 0.3) is 10.0 Å². The lowest BCUT2D eigenvalue weighted by atomic mass is 9.91. The summed E-state index contributed by atoms with van der Waals surface area (Å²) in [6, 6.07) is 8.53. The highest BCUT2D eigenvalue weighted by atomic mass is 32.2. The van der Waals surface area contributed by atoms with Crippen molar-refractivity contribution in [2.24, 2.45) is 0 Å². The molecule has 0 radical (unpaired) electrons. The Balaban J connectivity index is 2.12. The highest BCUT2D eigenvalue weighted by molar-refractivity contribution is 7.93. The van der Waals surface area contributed by atoms with Crippen molar-refractivity contribution < 1.29 is 18.3 Å². The van der Waals surface area contributed by atoms with Crippen molar-refractivity contribution in [3.05, 3.63) is 45.6 Å². The minimum Gasteiger partial charge on any atom is -0.481 e. The first-order valence-electron chi connectivity index (χ1n) is 7.24. The number of carbonyl (C=O) groups is 1. The summed E-state index contributed by atoms with van der Waals surface area (Å²) in [4.78, 5) is 13.4. The molecule has 0 spiro atoms. The topological polar surface area (TPSA) is 74.7 Å². The maximum atomic E-state index is 13.0. The van der Waals surface area contributed by atoms with Crippen LogP contribution in [0.15, 0.2) is 35.2 Å². The molecule has 0 aliphatic carbocycles. The van der Waals surface area contributed by atoms with Crippen LogP contribution < -0.4 is 4.31 Å². The molecule has 1 N–H and O–H groups in total. The molecule has 122 valence electrons. The Kier molecular flexibility index (Phi) is 3.93. The molecule has 0 bridgehead atoms. The van der Waals surface area contributed by atoms with E-state index in [1.54, 1.807) is 37.3 Å². The number of hydrogen-bond donors (Lipinski definition) is 1. The van der Waals surface area contributed by atoms with E-state index in [2.05, 4.69) is 0 Å². The maximum absolute atomic E-state index is 13.0. The van der Waals surface area contributed by atoms with E-state index in [9.17, 15) is 18.3 Å². The second kappa shape index (κ2) is 5.65. The van der Waals surface area contributed by atoms with Gasteiger partial charge in [0, 0.05) is 16.3 Å². The van der Waals surface area contributed by atoms with Crippen molar-refractivity contribution in [1.29, 1.82) is 0 Å². The number of sulfonamides is 1. The SMILES string of the molecule is Cc1cc(S(=O)(=O)N2CCC(C(=O)O)c3ccccc32)c(C)s1. The van der Waals surface area contributed by atoms with E-state index in [-0.39, 0.29) is 13.0 Å². The Morgan fingerprint density at radius 2 is 2.00 bits per heavy atom. The van der Waals surface area contributed by atoms with Gasteiger partial charge < -0.3 is 5.11 Å². The summed E-state index contributed by atoms with van der Waals surface area (Å²) >= 11 is 1.45. The van der Waals surface area contributed by atoms with E-state index < -0.39 is 21.9 Å². The molecule has 0 saturated carbocycles. The number of carboxylic acid groups (broad SMARTS) is 1. The van der Waals surface area contributed by atoms with Gasteiger partial charge in [0.05, 0.1) is 11.6 Å². The van der Waals surface area contributed by atoms with Crippen LogP contribution in [-0.4, -0.2) is 26.0 Å². The zero-order chi connectivity index (χ0) is 16.8. The summed E-state index contributed by atoms with van der Waals surface area (Å²) < 4.78 is 27.4. The van der Waals surface area contributed by atoms with Crippen LogP contribution >= 0.6 is 11.3 Å². The maximum Gasteiger partial charge on any atom is 0.311 e. The van der Waals surface area contributed by atoms with Crippen molar-refractivity contribution in [2.75, 3.05) is 10.8 Å². The fourth-order valence-corrected chi connectivity index (χ4v) is 6.05. The lowest BCUT2D eigenvalue weighted by molar-refractivity contribution is -0.139. The number of thiophene rings is 1. The van der Waals surface area contributed by atoms with E-state index in [0.717, 1.165) is 9.75 Å². The van der Waals surface area contributed by atoms with E-state index in [0.29, 0.717) is 16.1 Å². The zero-order valence-electron chi connectivity index (χ0n) is 12.8. The van der Waals surface area contributed by atoms with E-state index >= 15 is 0 Å². The van der Waals surface area contributed by atoms with Crippen LogP contribution in [0.1, 0.15) is 27.7 Å². The number of para-hydroxylation sites is 1. The first kappa shape index (κ1) is 16.0. The lowest BCUT2D eigenvalue weighted by Gasteiger charge is -2.33. The average Bonchev–Trinajstić information content (AvgIpc) is 2.85. The van der Waals surface area contributed by atoms with E-state index in [4.69, 9.17) is 0 Å². The fraction of sp³-hybridized carbons (Fsp3) is 0.312. The minimum absolute atomic E-state index is 0.171. The van der Waals surface area contributed by atoms with Gasteiger partial charge in [0.15, 0.2) is 0 Å². The van der Waals surface area contributed by atoms with Gasteiger partial charge in [-0.3, -0.25) is 9.10 Å². The molecule has 2 aromatic rings. The van der Waals surface area contributed by atoms with Crippen LogP contribution in [0.3, 0.4) is 0 Å². The normalized spacial score (nSPS) is 17.8. The van der Waals surface area contributed by atoms with Crippen LogP contribution in [-0.2, 0) is 14.8 Å². The number of carboxylic acids is 1. The van der Waals surface area contributed by atoms with Crippen molar-refractivity contribution in [2.45, 2.75) is 31.1 Å². The summed E-state index contributed by atoms with van der Waals surface area (Å²) in [6.07, 6.45) is 0.272. The van der Waals surface area contributed by atoms with Crippen LogP contribution in [0, 0.1) is 13.8 Å². The third-order valence-electron chi connectivity index (χ3n) is 4.06. The highest BCUT2D eigenvalue weighted by Gasteiger charge is 2.36. The Labute approximate surface area is 139 Å². The number of fused-ring (bicyclic) bond motifs is 1. The van der Waals surface area contributed by atoms with Crippen molar-refractivity contribution in [3.8, 4) is 0 Å². The van der Waals surface area contributed by atoms with Gasteiger partial charge in [-0.2, -0.15) is 0 Å². The third-order valence-corrected chi connectivity index (χ3v) is 7.10. The Bertz CT molecular complexity index is 870. The molecule has 1 atom stereocenters. The second-order valence-corrected chi connectivity index (χ2v) is 8.88. The van der Waals surface area contributed by atoms with Gasteiger partial charge in [0.1, 0.15) is 4.90 Å². The molecule has 2 heterocycles. The molecule has 3 rings (SSSR count). The number of anilines is 1. The summed E-state index contributed by atoms with van der Waals surface area (Å²) in [5, 5.41) is 9.37.